The first kappa shape index (κ1) is 103. The van der Waals surface area contributed by atoms with Crippen molar-refractivity contribution in [3.8, 4) is 60.4 Å². The van der Waals surface area contributed by atoms with E-state index in [-0.39, 0.29) is 5.63 Å². The molecule has 0 unspecified atom stereocenters. The van der Waals surface area contributed by atoms with Crippen molar-refractivity contribution in [2.24, 2.45) is 5.10 Å². The number of furan rings is 1. The van der Waals surface area contributed by atoms with Crippen LogP contribution in [-0.2, 0) is 0 Å². The summed E-state index contributed by atoms with van der Waals surface area (Å²) < 4.78 is 25.0. The molecule has 2 aliphatic carbocycles. The van der Waals surface area contributed by atoms with Crippen molar-refractivity contribution in [3.63, 3.8) is 0 Å². The van der Waals surface area contributed by atoms with Crippen LogP contribution in [0.1, 0.15) is 75.3 Å². The molecule has 0 spiro atoms. The molecule has 0 aliphatic heterocycles. The van der Waals surface area contributed by atoms with E-state index < -0.39 is 0 Å². The molecule has 10 aromatic carbocycles. The zero-order chi connectivity index (χ0) is 100. The van der Waals surface area contributed by atoms with Crippen molar-refractivity contribution in [1.82, 2.24) is 23.3 Å². The molecule has 0 saturated heterocycles. The second-order valence-corrected chi connectivity index (χ2v) is 40.8. The molecule has 0 bridgehead atoms. The number of rotatable bonds is 10. The van der Waals surface area contributed by atoms with Gasteiger partial charge in [0.25, 0.3) is 0 Å². The van der Waals surface area contributed by atoms with Gasteiger partial charge >= 0.3 is 5.63 Å². The van der Waals surface area contributed by atoms with E-state index in [0.29, 0.717) is 11.3 Å². The molecule has 0 atom stereocenters. The first-order chi connectivity index (χ1) is 69.7. The van der Waals surface area contributed by atoms with Gasteiger partial charge in [0, 0.05) is 86.1 Å². The summed E-state index contributed by atoms with van der Waals surface area (Å²) in [6.45, 7) is 30.1. The van der Waals surface area contributed by atoms with E-state index in [1.807, 2.05) is 230 Å². The normalized spacial score (nSPS) is 10.6. The number of hydrazone groups is 1. The van der Waals surface area contributed by atoms with Gasteiger partial charge in [-0.25, -0.2) is 9.64 Å². The van der Waals surface area contributed by atoms with Crippen LogP contribution in [0.5, 0.6) is 0 Å². The van der Waals surface area contributed by atoms with Gasteiger partial charge in [-0.1, -0.05) is 271 Å². The molecule has 0 N–H and O–H groups in total. The summed E-state index contributed by atoms with van der Waals surface area (Å²) in [6.07, 6.45) is 9.12. The number of thiophene rings is 6. The number of nitrogens with zero attached hydrogens (tertiary/aromatic N) is 8. The van der Waals surface area contributed by atoms with Gasteiger partial charge in [0.2, 0.25) is 5.70 Å². The fraction of sp³-hybridized carbons (Fsp3) is 0.0960. The van der Waals surface area contributed by atoms with E-state index in [4.69, 9.17) is 15.4 Å². The van der Waals surface area contributed by atoms with Gasteiger partial charge in [-0.3, -0.25) is 15.0 Å². The van der Waals surface area contributed by atoms with Gasteiger partial charge in [-0.2, -0.15) is 25.2 Å². The van der Waals surface area contributed by atoms with E-state index in [2.05, 4.69) is 348 Å². The van der Waals surface area contributed by atoms with Gasteiger partial charge in [-0.15, -0.1) is 56.7 Å². The van der Waals surface area contributed by atoms with Crippen LogP contribution in [0.25, 0.3) is 129 Å². The third kappa shape index (κ3) is 31.5. The number of aryl methyl sites for hydroxylation is 11. The highest BCUT2D eigenvalue weighted by Gasteiger charge is 2.12. The summed E-state index contributed by atoms with van der Waals surface area (Å²) in [6, 6.07) is 136. The minimum atomic E-state index is -0.298. The molecule has 2 aliphatic rings. The van der Waals surface area contributed by atoms with Gasteiger partial charge < -0.3 is 13.4 Å². The van der Waals surface area contributed by atoms with Crippen LogP contribution in [0.3, 0.4) is 0 Å². The summed E-state index contributed by atoms with van der Waals surface area (Å²) >= 11 is 11.9. The number of benzene rings is 10. The summed E-state index contributed by atoms with van der Waals surface area (Å²) in [5.41, 5.74) is 27.0. The fourth-order valence-electron chi connectivity index (χ4n) is 14.7. The monoisotopic (exact) mass is 1990 g/mol. The maximum Gasteiger partial charge on any atom is 0.336 e. The lowest BCUT2D eigenvalue weighted by Gasteiger charge is -2.11. The highest BCUT2D eigenvalue weighted by atomic mass is 32.1. The Morgan fingerprint density at radius 3 is 1.64 bits per heavy atom. The van der Waals surface area contributed by atoms with Crippen molar-refractivity contribution in [1.29, 1.82) is 0 Å². The topological polar surface area (TPSA) is 120 Å². The van der Waals surface area contributed by atoms with Gasteiger partial charge in [0.15, 0.2) is 0 Å². The van der Waals surface area contributed by atoms with Gasteiger partial charge in [0.1, 0.15) is 22.4 Å². The second-order valence-electron chi connectivity index (χ2n) is 33.6. The maximum atomic E-state index is 10.8. The van der Waals surface area contributed by atoms with E-state index in [1.54, 1.807) is 52.5 Å². The number of hydrogen-bond donors (Lipinski definition) is 0. The lowest BCUT2D eigenvalue weighted by atomic mass is 10.0. The molecule has 24 rings (SSSR count). The van der Waals surface area contributed by atoms with Crippen LogP contribution in [0.2, 0.25) is 0 Å². The predicted molar refractivity (Wildman–Crippen MR) is 619 cm³/mol. The Morgan fingerprint density at radius 1 is 0.406 bits per heavy atom. The molecule has 0 radical (unpaired) electrons. The quantitative estimate of drug-likeness (QED) is 0.0575. The second kappa shape index (κ2) is 53.2. The molecular formula is C125H110N8O3S7. The molecule has 0 saturated carbocycles. The number of pyridine rings is 2. The van der Waals surface area contributed by atoms with Crippen LogP contribution >= 0.6 is 79.7 Å². The van der Waals surface area contributed by atoms with Crippen molar-refractivity contribution < 1.29 is 8.83 Å². The number of anilines is 1. The maximum absolute atomic E-state index is 10.8. The number of hydrogen-bond acceptors (Lipinski definition) is 16. The zero-order valence-electron chi connectivity index (χ0n) is 81.9. The van der Waals surface area contributed by atoms with Crippen molar-refractivity contribution in [2.45, 2.75) is 76.2 Å². The minimum absolute atomic E-state index is 0.298. The average molecular weight is 2000 g/mol. The Balaban J connectivity index is 0.000000126. The molecular weight excluding hydrogens is 1890 g/mol. The van der Waals surface area contributed by atoms with E-state index in [1.165, 1.54) is 145 Å². The Kier molecular flexibility index (Phi) is 38.4. The van der Waals surface area contributed by atoms with Crippen molar-refractivity contribution in [3.05, 3.63) is 532 Å². The van der Waals surface area contributed by atoms with E-state index in [0.717, 1.165) is 60.8 Å². The predicted octanol–water partition coefficient (Wildman–Crippen LogP) is 36.7. The van der Waals surface area contributed by atoms with Crippen LogP contribution in [0.15, 0.2) is 454 Å². The number of fused-ring (bicyclic) bond motifs is 6. The Bertz CT molecular complexity index is 8090. The smallest absolute Gasteiger partial charge is 0.336 e. The third-order valence-electron chi connectivity index (χ3n) is 22.2. The largest absolute Gasteiger partial charge is 0.464 e. The molecule has 22 aromatic rings. The van der Waals surface area contributed by atoms with Gasteiger partial charge in [-0.05, 0) is 304 Å². The SMILES string of the molecule is Cc1cc2cc(-c3ccccc3)ccc2n1-c1ccccc1.Cc1cc2sccc2s1.Cc1ccc(-c2ccccc2)s1.Cc1ccc(-c2ccccn2)nc1.Cc1ccc(-c2ccco2)s1.Cc1ccc(/C=N/N(C)c2ccccc2)cc1.Cc1ccc2ccc(=O)oc2c1.Cc1ccc2ccsc2c1.Cc1cccc2cccc-2c1.Cc1cccc2nsnc12.[C-]#[N+]/C(=C\c1ccc(C)cc1)c1cccs1. The van der Waals surface area contributed by atoms with Crippen LogP contribution in [-0.4, -0.2) is 36.5 Å². The lowest BCUT2D eigenvalue weighted by Crippen LogP contribution is -2.08. The minimum Gasteiger partial charge on any atom is -0.464 e. The summed E-state index contributed by atoms with van der Waals surface area (Å²) in [5.74, 6) is 0.961. The standard InChI is InChI=1S/C21H17N.C15H16N2.C14H11NS.C11H10N2.C11H10S.C11H10.C10H8O2.C9H8OS.C9H8S.C7H6N2S.C7H6S2/c1-16-14-19-15-18(17-8-4-2-5-9-17)12-13-21(19)22(16)20-10-6-3-7-11-20;1-13-8-10-14(11-9-13)12-16-17(2)15-6-4-3-5-7-15;1-11-5-7-12(8-6-11)10-13(15-2)14-4-3-9-16-14;1-9-5-6-11(13-8-9)10-4-2-3-7-12-10;1-9-7-8-11(12-9)10-5-3-2-4-6-10;1-9-4-2-5-10-6-3-7-11(10)8-9;1-7-2-3-8-4-5-10(11)12-9(8)6-7;1-7-4-5-9(11-7)8-3-2-6-10-8;1-7-2-3-8-4-5-10-9(8)6-7;1-5-3-2-4-6-7(5)9-10-8-6;1-5-4-7-6(9-5)2-3-8-7/h2-15H,1H3;3-12H,1-2H3;3-10H,1H3;2-8H,1H3;2-8H,1H3;2-8H,1H3;2-6H,1H3;2-6H,1H3;2-6H,1H3;2-4H,1H3;2-4H,1H3/b;16-12+;13-10-;;;;;;;;. The Labute approximate surface area is 866 Å². The molecule has 0 fully saturated rings. The third-order valence-corrected chi connectivity index (χ3v) is 28.5. The molecule has 143 heavy (non-hydrogen) atoms. The highest BCUT2D eigenvalue weighted by Crippen LogP contribution is 2.34. The van der Waals surface area contributed by atoms with Gasteiger partial charge in [0.05, 0.1) is 58.2 Å². The molecule has 18 heteroatoms. The first-order valence-electron chi connectivity index (χ1n) is 46.6. The summed E-state index contributed by atoms with van der Waals surface area (Å²) in [4.78, 5) is 30.6. The van der Waals surface area contributed by atoms with E-state index >= 15 is 0 Å². The molecule has 710 valence electrons. The number of para-hydroxylation sites is 2. The molecule has 12 heterocycles. The lowest BCUT2D eigenvalue weighted by molar-refractivity contribution is 0.561. The fourth-order valence-corrected chi connectivity index (χ4v) is 20.6. The summed E-state index contributed by atoms with van der Waals surface area (Å²) in [5, 5.41) is 16.1. The molecule has 11 nitrogen and oxygen atoms in total. The van der Waals surface area contributed by atoms with Crippen LogP contribution in [0, 0.1) is 82.7 Å². The van der Waals surface area contributed by atoms with E-state index in [9.17, 15) is 4.79 Å². The Morgan fingerprint density at radius 2 is 1.00 bits per heavy atom. The average Bonchev–Trinajstić information content (AvgIpc) is 1.62. The van der Waals surface area contributed by atoms with Crippen LogP contribution in [0.4, 0.5) is 5.69 Å². The zero-order valence-corrected chi connectivity index (χ0v) is 87.6. The van der Waals surface area contributed by atoms with Crippen molar-refractivity contribution >= 4 is 156 Å². The highest BCUT2D eigenvalue weighted by molar-refractivity contribution is 7.27. The first-order valence-corrected chi connectivity index (χ1v) is 52.4. The number of aromatic nitrogens is 5. The van der Waals surface area contributed by atoms with Crippen molar-refractivity contribution in [2.75, 3.05) is 12.1 Å². The van der Waals surface area contributed by atoms with Crippen LogP contribution < -0.4 is 10.6 Å². The Hall–Kier alpha value is -15.5. The molecule has 12 aromatic heterocycles. The summed E-state index contributed by atoms with van der Waals surface area (Å²) in [7, 11) is 1.94. The molecule has 0 amide bonds.